The van der Waals surface area contributed by atoms with Crippen molar-refractivity contribution in [1.82, 2.24) is 9.97 Å². The Balaban J connectivity index is 1.66. The van der Waals surface area contributed by atoms with Crippen LogP contribution in [0.2, 0.25) is 0 Å². The Bertz CT molecular complexity index is 1130. The molecule has 0 aliphatic carbocycles. The smallest absolute Gasteiger partial charge is 0.228 e. The Kier molecular flexibility index (Phi) is 3.55. The highest BCUT2D eigenvalue weighted by molar-refractivity contribution is 7.80. The first kappa shape index (κ1) is 15.5. The predicted octanol–water partition coefficient (Wildman–Crippen LogP) is 5.88. The van der Waals surface area contributed by atoms with Crippen molar-refractivity contribution in [3.8, 4) is 22.9 Å². The Morgan fingerprint density at radius 1 is 0.615 bits per heavy atom. The molecule has 0 amide bonds. The van der Waals surface area contributed by atoms with Crippen LogP contribution in [-0.4, -0.2) is 9.97 Å². The van der Waals surface area contributed by atoms with Crippen LogP contribution in [0.5, 0.6) is 0 Å². The Morgan fingerprint density at radius 2 is 1.08 bits per heavy atom. The van der Waals surface area contributed by atoms with Gasteiger partial charge in [0.2, 0.25) is 11.8 Å². The SMILES string of the molecule is Sc1ccccc1-c1nc2cc3nc(-c4ccccc4S)oc3cc2o1. The van der Waals surface area contributed by atoms with Crippen LogP contribution in [0.3, 0.4) is 0 Å². The van der Waals surface area contributed by atoms with Gasteiger partial charge < -0.3 is 8.83 Å². The Hall–Kier alpha value is -2.70. The number of nitrogens with zero attached hydrogens (tertiary/aromatic N) is 2. The number of aromatic nitrogens is 2. The van der Waals surface area contributed by atoms with Gasteiger partial charge in [0.05, 0.1) is 11.1 Å². The van der Waals surface area contributed by atoms with Crippen molar-refractivity contribution in [3.63, 3.8) is 0 Å². The standard InChI is InChI=1S/C20H12N2O2S2/c25-17-7-3-1-5-11(17)19-21-13-9-14-16(10-15(13)23-19)24-20(22-14)12-6-2-4-8-18(12)26/h1-10,25-26H. The van der Waals surface area contributed by atoms with E-state index in [1.54, 1.807) is 0 Å². The van der Waals surface area contributed by atoms with Crippen molar-refractivity contribution >= 4 is 47.5 Å². The molecule has 6 heteroatoms. The van der Waals surface area contributed by atoms with Crippen molar-refractivity contribution in [2.75, 3.05) is 0 Å². The van der Waals surface area contributed by atoms with Gasteiger partial charge >= 0.3 is 0 Å². The maximum Gasteiger partial charge on any atom is 0.228 e. The van der Waals surface area contributed by atoms with Gasteiger partial charge in [-0.15, -0.1) is 25.3 Å². The minimum atomic E-state index is 0.527. The molecule has 2 heterocycles. The maximum absolute atomic E-state index is 5.92. The van der Waals surface area contributed by atoms with Crippen LogP contribution in [-0.2, 0) is 0 Å². The van der Waals surface area contributed by atoms with Gasteiger partial charge in [-0.25, -0.2) is 9.97 Å². The minimum absolute atomic E-state index is 0.527. The van der Waals surface area contributed by atoms with E-state index in [9.17, 15) is 0 Å². The average Bonchev–Trinajstić information content (AvgIpc) is 3.23. The highest BCUT2D eigenvalue weighted by Gasteiger charge is 2.15. The number of rotatable bonds is 2. The van der Waals surface area contributed by atoms with Crippen molar-refractivity contribution in [2.45, 2.75) is 9.79 Å². The normalized spacial score (nSPS) is 11.5. The molecule has 0 spiro atoms. The number of fused-ring (bicyclic) bond motifs is 2. The molecule has 0 fully saturated rings. The van der Waals surface area contributed by atoms with Crippen LogP contribution in [0.25, 0.3) is 45.1 Å². The summed E-state index contributed by atoms with van der Waals surface area (Å²) in [6.45, 7) is 0. The van der Waals surface area contributed by atoms with Crippen LogP contribution >= 0.6 is 25.3 Å². The number of hydrogen-bond donors (Lipinski definition) is 2. The zero-order valence-electron chi connectivity index (χ0n) is 13.4. The average molecular weight is 376 g/mol. The number of benzene rings is 3. The van der Waals surface area contributed by atoms with Crippen LogP contribution in [0.15, 0.2) is 79.3 Å². The molecule has 0 radical (unpaired) electrons. The van der Waals surface area contributed by atoms with Gasteiger partial charge in [0, 0.05) is 15.9 Å². The molecule has 2 aromatic heterocycles. The Morgan fingerprint density at radius 3 is 1.54 bits per heavy atom. The van der Waals surface area contributed by atoms with Gasteiger partial charge in [-0.05, 0) is 30.3 Å². The quantitative estimate of drug-likeness (QED) is 0.378. The molecule has 0 unspecified atom stereocenters. The van der Waals surface area contributed by atoms with Gasteiger partial charge in [-0.3, -0.25) is 0 Å². The summed E-state index contributed by atoms with van der Waals surface area (Å²) in [6, 6.07) is 19.1. The van der Waals surface area contributed by atoms with Gasteiger partial charge in [0.1, 0.15) is 11.0 Å². The molecular formula is C20H12N2O2S2. The first-order valence-corrected chi connectivity index (χ1v) is 8.86. The summed E-state index contributed by atoms with van der Waals surface area (Å²) in [6.07, 6.45) is 0. The summed E-state index contributed by atoms with van der Waals surface area (Å²) < 4.78 is 11.8. The lowest BCUT2D eigenvalue weighted by Gasteiger charge is -1.98. The van der Waals surface area contributed by atoms with E-state index < -0.39 is 0 Å². The Labute approximate surface area is 159 Å². The van der Waals surface area contributed by atoms with Crippen molar-refractivity contribution in [2.24, 2.45) is 0 Å². The summed E-state index contributed by atoms with van der Waals surface area (Å²) >= 11 is 8.94. The van der Waals surface area contributed by atoms with Gasteiger partial charge in [0.15, 0.2) is 11.2 Å². The highest BCUT2D eigenvalue weighted by Crippen LogP contribution is 2.33. The molecule has 126 valence electrons. The number of thiol groups is 2. The fourth-order valence-electron chi connectivity index (χ4n) is 2.89. The molecule has 0 aliphatic heterocycles. The third kappa shape index (κ3) is 2.50. The van der Waals surface area contributed by atoms with Crippen LogP contribution in [0, 0.1) is 0 Å². The van der Waals surface area contributed by atoms with Crippen molar-refractivity contribution < 1.29 is 8.83 Å². The van der Waals surface area contributed by atoms with Crippen LogP contribution in [0.1, 0.15) is 0 Å². The van der Waals surface area contributed by atoms with Gasteiger partial charge in [-0.2, -0.15) is 0 Å². The molecular weight excluding hydrogens is 364 g/mol. The first-order chi connectivity index (χ1) is 12.7. The first-order valence-electron chi connectivity index (χ1n) is 7.97. The second-order valence-electron chi connectivity index (χ2n) is 5.86. The largest absolute Gasteiger partial charge is 0.436 e. The molecule has 0 bridgehead atoms. The molecule has 0 N–H and O–H groups in total. The topological polar surface area (TPSA) is 52.1 Å². The third-order valence-corrected chi connectivity index (χ3v) is 4.95. The second kappa shape index (κ2) is 5.93. The zero-order chi connectivity index (χ0) is 17.7. The fourth-order valence-corrected chi connectivity index (χ4v) is 3.40. The molecule has 4 nitrogen and oxygen atoms in total. The van der Waals surface area contributed by atoms with Crippen molar-refractivity contribution in [1.29, 1.82) is 0 Å². The predicted molar refractivity (Wildman–Crippen MR) is 107 cm³/mol. The molecule has 0 saturated heterocycles. The third-order valence-electron chi connectivity index (χ3n) is 4.17. The highest BCUT2D eigenvalue weighted by atomic mass is 32.1. The molecule has 5 rings (SSSR count). The van der Waals surface area contributed by atoms with E-state index in [0.717, 1.165) is 32.0 Å². The van der Waals surface area contributed by atoms with Crippen LogP contribution in [0.4, 0.5) is 0 Å². The monoisotopic (exact) mass is 376 g/mol. The summed E-state index contributed by atoms with van der Waals surface area (Å²) in [5.74, 6) is 1.05. The fraction of sp³-hybridized carbons (Fsp3) is 0. The van der Waals surface area contributed by atoms with E-state index in [2.05, 4.69) is 35.2 Å². The molecule has 3 aromatic carbocycles. The molecule has 26 heavy (non-hydrogen) atoms. The van der Waals surface area contributed by atoms with Crippen molar-refractivity contribution in [3.05, 3.63) is 60.7 Å². The molecule has 5 aromatic rings. The number of oxazole rings is 2. The second-order valence-corrected chi connectivity index (χ2v) is 6.82. The van der Waals surface area contributed by atoms with E-state index in [4.69, 9.17) is 8.83 Å². The lowest BCUT2D eigenvalue weighted by Crippen LogP contribution is -1.79. The summed E-state index contributed by atoms with van der Waals surface area (Å²) in [7, 11) is 0. The van der Waals surface area contributed by atoms with Gasteiger partial charge in [0.25, 0.3) is 0 Å². The number of hydrogen-bond acceptors (Lipinski definition) is 6. The lowest BCUT2D eigenvalue weighted by atomic mass is 10.2. The molecule has 0 aliphatic rings. The maximum atomic E-state index is 5.92. The van der Waals surface area contributed by atoms with E-state index in [-0.39, 0.29) is 0 Å². The van der Waals surface area contributed by atoms with E-state index >= 15 is 0 Å². The minimum Gasteiger partial charge on any atom is -0.436 e. The molecule has 0 saturated carbocycles. The summed E-state index contributed by atoms with van der Waals surface area (Å²) in [5.41, 5.74) is 4.44. The van der Waals surface area contributed by atoms with Gasteiger partial charge in [-0.1, -0.05) is 24.3 Å². The van der Waals surface area contributed by atoms with E-state index in [1.807, 2.05) is 60.7 Å². The molecule has 0 atom stereocenters. The van der Waals surface area contributed by atoms with E-state index in [0.29, 0.717) is 22.9 Å². The van der Waals surface area contributed by atoms with E-state index in [1.165, 1.54) is 0 Å². The van der Waals surface area contributed by atoms with Crippen LogP contribution < -0.4 is 0 Å². The zero-order valence-corrected chi connectivity index (χ0v) is 15.2. The summed E-state index contributed by atoms with van der Waals surface area (Å²) in [5, 5.41) is 0. The summed E-state index contributed by atoms with van der Waals surface area (Å²) in [4.78, 5) is 10.8. The lowest BCUT2D eigenvalue weighted by molar-refractivity contribution is 0.607.